The Hall–Kier alpha value is -1.30. The van der Waals surface area contributed by atoms with E-state index >= 15 is 0 Å². The molecule has 18 heavy (non-hydrogen) atoms. The summed E-state index contributed by atoms with van der Waals surface area (Å²) in [7, 11) is 0. The molecule has 0 aliphatic rings. The van der Waals surface area contributed by atoms with Crippen LogP contribution in [-0.2, 0) is 0 Å². The minimum atomic E-state index is 0.964. The Morgan fingerprint density at radius 2 is 1.61 bits per heavy atom. The lowest BCUT2D eigenvalue weighted by atomic mass is 10.1. The molecule has 0 saturated heterocycles. The second-order valence-electron chi connectivity index (χ2n) is 3.65. The Labute approximate surface area is 124 Å². The Morgan fingerprint density at radius 3 is 2.22 bits per heavy atom. The first-order valence-corrected chi connectivity index (χ1v) is 7.14. The Kier molecular flexibility index (Phi) is 4.81. The van der Waals surface area contributed by atoms with Crippen LogP contribution in [0.2, 0.25) is 0 Å². The Bertz CT molecular complexity index is 599. The van der Waals surface area contributed by atoms with Gasteiger partial charge in [0.1, 0.15) is 0 Å². The van der Waals surface area contributed by atoms with Crippen molar-refractivity contribution in [3.8, 4) is 11.8 Å². The van der Waals surface area contributed by atoms with Gasteiger partial charge in [0.2, 0.25) is 0 Å². The molecule has 2 aromatic rings. The molecule has 0 amide bonds. The highest BCUT2D eigenvalue weighted by atomic mass is 79.9. The largest absolute Gasteiger partial charge is 0.0622 e. The predicted octanol–water partition coefficient (Wildman–Crippen LogP) is 5.24. The standard InChI is InChI=1S/C16H10Br2/c17-12-15(14-8-10-16(18)11-9-14)7-6-13-4-2-1-3-5-13/h1-5,8-12H/b15-12+. The van der Waals surface area contributed by atoms with Crippen LogP contribution in [0.1, 0.15) is 11.1 Å². The lowest BCUT2D eigenvalue weighted by Crippen LogP contribution is -1.80. The lowest BCUT2D eigenvalue weighted by molar-refractivity contribution is 1.60. The van der Waals surface area contributed by atoms with Crippen LogP contribution in [0.5, 0.6) is 0 Å². The quantitative estimate of drug-likeness (QED) is 0.609. The normalized spacial score (nSPS) is 10.7. The van der Waals surface area contributed by atoms with Gasteiger partial charge in [-0.2, -0.15) is 0 Å². The number of rotatable bonds is 1. The van der Waals surface area contributed by atoms with Crippen molar-refractivity contribution in [2.45, 2.75) is 0 Å². The zero-order valence-corrected chi connectivity index (χ0v) is 12.7. The van der Waals surface area contributed by atoms with E-state index in [9.17, 15) is 0 Å². The number of halogens is 2. The van der Waals surface area contributed by atoms with Gasteiger partial charge < -0.3 is 0 Å². The maximum atomic E-state index is 3.42. The number of hydrogen-bond donors (Lipinski definition) is 0. The van der Waals surface area contributed by atoms with Crippen molar-refractivity contribution in [2.24, 2.45) is 0 Å². The van der Waals surface area contributed by atoms with E-state index in [0.29, 0.717) is 0 Å². The van der Waals surface area contributed by atoms with Crippen LogP contribution < -0.4 is 0 Å². The molecule has 0 unspecified atom stereocenters. The summed E-state index contributed by atoms with van der Waals surface area (Å²) in [4.78, 5) is 1.85. The summed E-state index contributed by atoms with van der Waals surface area (Å²) in [5, 5.41) is 0. The van der Waals surface area contributed by atoms with Crippen LogP contribution in [0.25, 0.3) is 5.57 Å². The fourth-order valence-electron chi connectivity index (χ4n) is 1.45. The molecule has 0 aromatic heterocycles. The van der Waals surface area contributed by atoms with Crippen molar-refractivity contribution in [3.63, 3.8) is 0 Å². The van der Waals surface area contributed by atoms with Crippen molar-refractivity contribution in [2.75, 3.05) is 0 Å². The maximum Gasteiger partial charge on any atom is 0.0390 e. The third kappa shape index (κ3) is 3.60. The summed E-state index contributed by atoms with van der Waals surface area (Å²) in [6.07, 6.45) is 0. The fraction of sp³-hybridized carbons (Fsp3) is 0. The first kappa shape index (κ1) is 13.1. The molecule has 2 heteroatoms. The highest BCUT2D eigenvalue weighted by molar-refractivity contribution is 9.11. The van der Waals surface area contributed by atoms with E-state index in [4.69, 9.17) is 0 Å². The first-order chi connectivity index (χ1) is 8.79. The van der Waals surface area contributed by atoms with Crippen LogP contribution in [0.4, 0.5) is 0 Å². The molecule has 0 N–H and O–H groups in total. The summed E-state index contributed by atoms with van der Waals surface area (Å²) in [5.74, 6) is 6.32. The molecule has 0 atom stereocenters. The highest BCUT2D eigenvalue weighted by Crippen LogP contribution is 2.18. The van der Waals surface area contributed by atoms with Crippen molar-refractivity contribution in [3.05, 3.63) is 75.2 Å². The highest BCUT2D eigenvalue weighted by Gasteiger charge is 1.97. The minimum Gasteiger partial charge on any atom is -0.0622 e. The van der Waals surface area contributed by atoms with Gasteiger partial charge >= 0.3 is 0 Å². The average molecular weight is 362 g/mol. The zero-order valence-electron chi connectivity index (χ0n) is 9.53. The molecule has 2 rings (SSSR count). The molecule has 0 radical (unpaired) electrons. The zero-order chi connectivity index (χ0) is 12.8. The van der Waals surface area contributed by atoms with Gasteiger partial charge in [-0.05, 0) is 34.8 Å². The van der Waals surface area contributed by atoms with Crippen LogP contribution in [0.15, 0.2) is 64.1 Å². The van der Waals surface area contributed by atoms with E-state index in [2.05, 4.69) is 43.7 Å². The summed E-state index contributed by atoms with van der Waals surface area (Å²) < 4.78 is 1.07. The third-order valence-corrected chi connectivity index (χ3v) is 3.37. The van der Waals surface area contributed by atoms with E-state index < -0.39 is 0 Å². The number of benzene rings is 2. The molecule has 0 nitrogen and oxygen atoms in total. The smallest absolute Gasteiger partial charge is 0.0390 e. The SMILES string of the molecule is Br/C=C(\C#Cc1ccccc1)c1ccc(Br)cc1. The molecule has 0 saturated carbocycles. The van der Waals surface area contributed by atoms with Crippen molar-refractivity contribution >= 4 is 37.4 Å². The van der Waals surface area contributed by atoms with Gasteiger partial charge in [0, 0.05) is 15.6 Å². The summed E-state index contributed by atoms with van der Waals surface area (Å²) in [6, 6.07) is 18.1. The second kappa shape index (κ2) is 6.58. The predicted molar refractivity (Wildman–Crippen MR) is 84.4 cm³/mol. The van der Waals surface area contributed by atoms with E-state index in [1.807, 2.05) is 59.6 Å². The van der Waals surface area contributed by atoms with Crippen LogP contribution in [0, 0.1) is 11.8 Å². The summed E-state index contributed by atoms with van der Waals surface area (Å²) in [5.41, 5.74) is 3.08. The van der Waals surface area contributed by atoms with Gasteiger partial charge in [-0.1, -0.05) is 74.0 Å². The first-order valence-electron chi connectivity index (χ1n) is 5.43. The molecule has 2 aromatic carbocycles. The molecule has 0 aliphatic heterocycles. The number of allylic oxidation sites excluding steroid dienone is 1. The second-order valence-corrected chi connectivity index (χ2v) is 5.02. The topological polar surface area (TPSA) is 0 Å². The molecule has 0 fully saturated rings. The van der Waals surface area contributed by atoms with Crippen LogP contribution in [-0.4, -0.2) is 0 Å². The molecule has 0 heterocycles. The van der Waals surface area contributed by atoms with Gasteiger partial charge in [-0.3, -0.25) is 0 Å². The van der Waals surface area contributed by atoms with Crippen molar-refractivity contribution in [1.29, 1.82) is 0 Å². The van der Waals surface area contributed by atoms with Gasteiger partial charge in [0.05, 0.1) is 0 Å². The average Bonchev–Trinajstić information content (AvgIpc) is 2.42. The molecular weight excluding hydrogens is 352 g/mol. The van der Waals surface area contributed by atoms with Crippen LogP contribution in [0.3, 0.4) is 0 Å². The third-order valence-electron chi connectivity index (χ3n) is 2.38. The minimum absolute atomic E-state index is 0.964. The molecule has 0 spiro atoms. The van der Waals surface area contributed by atoms with Crippen molar-refractivity contribution < 1.29 is 0 Å². The fourth-order valence-corrected chi connectivity index (χ4v) is 2.10. The number of hydrogen-bond acceptors (Lipinski definition) is 0. The van der Waals surface area contributed by atoms with E-state index in [1.165, 1.54) is 0 Å². The van der Waals surface area contributed by atoms with E-state index in [-0.39, 0.29) is 0 Å². The Balaban J connectivity index is 2.27. The van der Waals surface area contributed by atoms with Crippen molar-refractivity contribution in [1.82, 2.24) is 0 Å². The van der Waals surface area contributed by atoms with Gasteiger partial charge in [-0.25, -0.2) is 0 Å². The molecule has 88 valence electrons. The van der Waals surface area contributed by atoms with E-state index in [1.54, 1.807) is 0 Å². The molecule has 0 bridgehead atoms. The summed E-state index contributed by atoms with van der Waals surface area (Å²) >= 11 is 6.79. The van der Waals surface area contributed by atoms with Gasteiger partial charge in [0.15, 0.2) is 0 Å². The molecular formula is C16H10Br2. The summed E-state index contributed by atoms with van der Waals surface area (Å²) in [6.45, 7) is 0. The van der Waals surface area contributed by atoms with Gasteiger partial charge in [0.25, 0.3) is 0 Å². The van der Waals surface area contributed by atoms with E-state index in [0.717, 1.165) is 21.2 Å². The maximum absolute atomic E-state index is 3.42. The van der Waals surface area contributed by atoms with Crippen LogP contribution >= 0.6 is 31.9 Å². The monoisotopic (exact) mass is 360 g/mol. The Morgan fingerprint density at radius 1 is 0.944 bits per heavy atom. The lowest BCUT2D eigenvalue weighted by Gasteiger charge is -1.99. The molecule has 0 aliphatic carbocycles. The van der Waals surface area contributed by atoms with Gasteiger partial charge in [-0.15, -0.1) is 0 Å².